The van der Waals surface area contributed by atoms with Crippen molar-refractivity contribution < 1.29 is 41.7 Å². The largest absolute Gasteiger partial charge is 0.497 e. The highest BCUT2D eigenvalue weighted by atomic mass is 32.2. The average molecular weight is 715 g/mol. The van der Waals surface area contributed by atoms with Crippen LogP contribution in [0, 0.1) is 11.7 Å². The van der Waals surface area contributed by atoms with E-state index in [0.717, 1.165) is 6.42 Å². The maximum atomic E-state index is 14.4. The number of amides is 3. The van der Waals surface area contributed by atoms with E-state index in [1.54, 1.807) is 31.2 Å². The van der Waals surface area contributed by atoms with Crippen molar-refractivity contribution in [3.05, 3.63) is 78.1 Å². The molecule has 3 amide bonds. The van der Waals surface area contributed by atoms with Gasteiger partial charge in [-0.1, -0.05) is 6.92 Å². The molecule has 1 aliphatic rings. The van der Waals surface area contributed by atoms with Crippen LogP contribution in [-0.4, -0.2) is 93.4 Å². The third-order valence-electron chi connectivity index (χ3n) is 8.62. The summed E-state index contributed by atoms with van der Waals surface area (Å²) in [6.07, 6.45) is 1.29. The smallest absolute Gasteiger partial charge is 0.323 e. The van der Waals surface area contributed by atoms with Gasteiger partial charge in [0.15, 0.2) is 0 Å². The lowest BCUT2D eigenvalue weighted by atomic mass is 10.0. The van der Waals surface area contributed by atoms with E-state index in [0.29, 0.717) is 42.3 Å². The molecule has 3 aromatic carbocycles. The fourth-order valence-electron chi connectivity index (χ4n) is 5.57. The zero-order valence-electron chi connectivity index (χ0n) is 29.1. The van der Waals surface area contributed by atoms with E-state index in [1.807, 2.05) is 13.8 Å². The molecule has 272 valence electrons. The summed E-state index contributed by atoms with van der Waals surface area (Å²) in [6, 6.07) is 15.0. The molecule has 0 radical (unpaired) electrons. The molecule has 0 spiro atoms. The minimum Gasteiger partial charge on any atom is -0.497 e. The van der Waals surface area contributed by atoms with Gasteiger partial charge in [0.05, 0.1) is 42.4 Å². The van der Waals surface area contributed by atoms with Gasteiger partial charge in [-0.05, 0) is 99.8 Å². The molecule has 3 N–H and O–H groups in total. The molecule has 50 heavy (non-hydrogen) atoms. The predicted octanol–water partition coefficient (Wildman–Crippen LogP) is 5.59. The summed E-state index contributed by atoms with van der Waals surface area (Å²) in [5.41, 5.74) is 0.870. The summed E-state index contributed by atoms with van der Waals surface area (Å²) in [7, 11) is -0.870. The number of urea groups is 1. The normalized spacial score (nSPS) is 19.9. The number of sulfonamides is 1. The monoisotopic (exact) mass is 714 g/mol. The number of halogens is 1. The topological polar surface area (TPSA) is 147 Å². The van der Waals surface area contributed by atoms with Crippen molar-refractivity contribution in [1.82, 2.24) is 9.21 Å². The van der Waals surface area contributed by atoms with E-state index in [2.05, 4.69) is 10.6 Å². The fourth-order valence-corrected chi connectivity index (χ4v) is 6.75. The number of anilines is 2. The highest BCUT2D eigenvalue weighted by molar-refractivity contribution is 7.89. The van der Waals surface area contributed by atoms with E-state index in [4.69, 9.17) is 14.2 Å². The van der Waals surface area contributed by atoms with Crippen LogP contribution >= 0.6 is 0 Å². The molecule has 0 aliphatic carbocycles. The van der Waals surface area contributed by atoms with Gasteiger partial charge >= 0.3 is 6.03 Å². The lowest BCUT2D eigenvalue weighted by molar-refractivity contribution is -0.00834. The second-order valence-corrected chi connectivity index (χ2v) is 14.6. The lowest BCUT2D eigenvalue weighted by Gasteiger charge is -2.35. The molecule has 4 rings (SSSR count). The number of fused-ring (bicyclic) bond motifs is 1. The third kappa shape index (κ3) is 10.2. The van der Waals surface area contributed by atoms with Crippen LogP contribution in [0.5, 0.6) is 11.5 Å². The molecule has 1 heterocycles. The Kier molecular flexibility index (Phi) is 13.6. The van der Waals surface area contributed by atoms with Crippen molar-refractivity contribution in [3.63, 3.8) is 0 Å². The quantitative estimate of drug-likeness (QED) is 0.260. The van der Waals surface area contributed by atoms with Crippen molar-refractivity contribution in [1.29, 1.82) is 0 Å². The van der Waals surface area contributed by atoms with Crippen LogP contribution in [0.1, 0.15) is 50.4 Å². The Balaban J connectivity index is 1.61. The van der Waals surface area contributed by atoms with Gasteiger partial charge in [-0.25, -0.2) is 17.6 Å². The van der Waals surface area contributed by atoms with Crippen molar-refractivity contribution in [2.24, 2.45) is 5.92 Å². The summed E-state index contributed by atoms with van der Waals surface area (Å²) in [5.74, 6) is -0.386. The predicted molar refractivity (Wildman–Crippen MR) is 189 cm³/mol. The van der Waals surface area contributed by atoms with Crippen molar-refractivity contribution in [2.75, 3.05) is 51.1 Å². The van der Waals surface area contributed by atoms with Crippen LogP contribution in [0.4, 0.5) is 20.6 Å². The van der Waals surface area contributed by atoms with Gasteiger partial charge in [-0.2, -0.15) is 4.31 Å². The van der Waals surface area contributed by atoms with E-state index < -0.39 is 39.9 Å². The molecule has 14 heteroatoms. The van der Waals surface area contributed by atoms with E-state index in [9.17, 15) is 27.5 Å². The van der Waals surface area contributed by atoms with E-state index in [1.165, 1.54) is 65.8 Å². The maximum absolute atomic E-state index is 14.4. The van der Waals surface area contributed by atoms with Gasteiger partial charge in [0, 0.05) is 44.0 Å². The standard InChI is InChI=1S/C36H47FN4O8S/c1-24-21-41(25(2)23-42)35(43)32-20-29(39-36(44)38-28-11-9-27(37)10-12-28)13-18-33(32)49-26(3)8-6-7-19-48-34(24)22-40(4)50(45,46)31-16-14-30(47-5)15-17-31/h9-18,20,24-26,34,42H,6-8,19,21-23H2,1-5H3,(H2,38,39,44)/t24-,25+,26+,34-/m0/s1. The summed E-state index contributed by atoms with van der Waals surface area (Å²) >= 11 is 0. The van der Waals surface area contributed by atoms with Gasteiger partial charge in [0.25, 0.3) is 5.91 Å². The van der Waals surface area contributed by atoms with Crippen molar-refractivity contribution in [2.45, 2.75) is 63.2 Å². The van der Waals surface area contributed by atoms with Gasteiger partial charge in [0.1, 0.15) is 17.3 Å². The number of carbonyl (C=O) groups is 2. The second-order valence-electron chi connectivity index (χ2n) is 12.6. The van der Waals surface area contributed by atoms with Crippen LogP contribution in [-0.2, 0) is 14.8 Å². The van der Waals surface area contributed by atoms with Crippen molar-refractivity contribution >= 4 is 33.3 Å². The SMILES string of the molecule is COc1ccc(S(=O)(=O)N(C)C[C@@H]2OCCCC[C@@H](C)Oc3ccc(NC(=O)Nc4ccc(F)cc4)cc3C(=O)N([C@H](C)CO)C[C@@H]2C)cc1. The summed E-state index contributed by atoms with van der Waals surface area (Å²) < 4.78 is 59.3. The summed E-state index contributed by atoms with van der Waals surface area (Å²) in [4.78, 5) is 28.8. The fraction of sp³-hybridized carbons (Fsp3) is 0.444. The Morgan fingerprint density at radius 2 is 1.72 bits per heavy atom. The van der Waals surface area contributed by atoms with E-state index in [-0.39, 0.29) is 42.2 Å². The van der Waals surface area contributed by atoms with Crippen LogP contribution < -0.4 is 20.1 Å². The number of nitrogens with zero attached hydrogens (tertiary/aromatic N) is 2. The number of hydrogen-bond donors (Lipinski definition) is 3. The number of hydrogen-bond acceptors (Lipinski definition) is 8. The number of methoxy groups -OCH3 is 1. The number of aliphatic hydroxyl groups excluding tert-OH is 1. The van der Waals surface area contributed by atoms with Crippen LogP contribution in [0.2, 0.25) is 0 Å². The highest BCUT2D eigenvalue weighted by Crippen LogP contribution is 2.29. The number of benzene rings is 3. The Labute approximate surface area is 293 Å². The highest BCUT2D eigenvalue weighted by Gasteiger charge is 2.32. The van der Waals surface area contributed by atoms with Crippen molar-refractivity contribution in [3.8, 4) is 11.5 Å². The molecule has 1 aliphatic heterocycles. The first kappa shape index (κ1) is 38.6. The zero-order chi connectivity index (χ0) is 36.4. The molecule has 0 saturated carbocycles. The molecule has 0 saturated heterocycles. The minimum atomic E-state index is -3.87. The first-order valence-electron chi connectivity index (χ1n) is 16.6. The number of rotatable bonds is 9. The molecular formula is C36H47FN4O8S. The van der Waals surface area contributed by atoms with E-state index >= 15 is 0 Å². The molecule has 0 fully saturated rings. The van der Waals surface area contributed by atoms with Crippen LogP contribution in [0.3, 0.4) is 0 Å². The summed E-state index contributed by atoms with van der Waals surface area (Å²) in [6.45, 7) is 5.70. The molecular weight excluding hydrogens is 667 g/mol. The number of nitrogens with one attached hydrogen (secondary N) is 2. The number of likely N-dealkylation sites (N-methyl/N-ethyl adjacent to an activating group) is 1. The Morgan fingerprint density at radius 3 is 2.38 bits per heavy atom. The van der Waals surface area contributed by atoms with Gasteiger partial charge in [-0.15, -0.1) is 0 Å². The molecule has 0 aromatic heterocycles. The number of ether oxygens (including phenoxy) is 3. The molecule has 0 bridgehead atoms. The Hall–Kier alpha value is -4.24. The molecule has 4 atom stereocenters. The van der Waals surface area contributed by atoms with Gasteiger partial charge in [-0.3, -0.25) is 4.79 Å². The van der Waals surface area contributed by atoms with Gasteiger partial charge < -0.3 is 34.9 Å². The number of aliphatic hydroxyl groups is 1. The molecule has 3 aromatic rings. The minimum absolute atomic E-state index is 0.0262. The maximum Gasteiger partial charge on any atom is 0.323 e. The zero-order valence-corrected chi connectivity index (χ0v) is 29.9. The second kappa shape index (κ2) is 17.6. The third-order valence-corrected chi connectivity index (χ3v) is 10.5. The summed E-state index contributed by atoms with van der Waals surface area (Å²) in [5, 5.41) is 15.6. The van der Waals surface area contributed by atoms with Gasteiger partial charge in [0.2, 0.25) is 10.0 Å². The number of carbonyl (C=O) groups excluding carboxylic acids is 2. The van der Waals surface area contributed by atoms with Crippen LogP contribution in [0.15, 0.2) is 71.6 Å². The average Bonchev–Trinajstić information content (AvgIpc) is 3.10. The Bertz CT molecular complexity index is 1690. The first-order chi connectivity index (χ1) is 23.8. The van der Waals surface area contributed by atoms with Crippen LogP contribution in [0.25, 0.3) is 0 Å². The Morgan fingerprint density at radius 1 is 1.06 bits per heavy atom. The lowest BCUT2D eigenvalue weighted by Crippen LogP contribution is -2.48. The molecule has 0 unspecified atom stereocenters. The molecule has 12 nitrogen and oxygen atoms in total. The first-order valence-corrected chi connectivity index (χ1v) is 18.0.